The fourth-order valence-electron chi connectivity index (χ4n) is 0.439. The Kier molecular flexibility index (Phi) is 6.67. The van der Waals surface area contributed by atoms with Gasteiger partial charge in [-0.05, 0) is 0 Å². The Morgan fingerprint density at radius 1 is 1.25 bits per heavy atom. The largest absolute Gasteiger partial charge is 0.341 e. The lowest BCUT2D eigenvalue weighted by molar-refractivity contribution is 0.241. The Morgan fingerprint density at radius 2 is 1.67 bits per heavy atom. The van der Waals surface area contributed by atoms with Crippen molar-refractivity contribution in [1.29, 1.82) is 0 Å². The van der Waals surface area contributed by atoms with Gasteiger partial charge in [-0.25, -0.2) is 0 Å². The highest BCUT2D eigenvalue weighted by molar-refractivity contribution is 9.10. The van der Waals surface area contributed by atoms with Gasteiger partial charge in [-0.3, -0.25) is 4.57 Å². The molecule has 0 heterocycles. The fraction of sp³-hybridized carbons (Fsp3) is 0.429. The second kappa shape index (κ2) is 6.61. The summed E-state index contributed by atoms with van der Waals surface area (Å²) < 4.78 is 21.4. The molecule has 0 aromatic heterocycles. The maximum absolute atomic E-state index is 11.5. The van der Waals surface area contributed by atoms with Crippen LogP contribution in [0, 0.1) is 0 Å². The first-order valence-electron chi connectivity index (χ1n) is 3.34. The third-order valence-electron chi connectivity index (χ3n) is 0.925. The lowest BCUT2D eigenvalue weighted by Crippen LogP contribution is -1.96. The van der Waals surface area contributed by atoms with Crippen LogP contribution in [0.2, 0.25) is 0 Å². The quantitative estimate of drug-likeness (QED) is 0.398. The molecule has 0 unspecified atom stereocenters. The molecule has 0 rings (SSSR count). The standard InChI is InChI=1S/C7H12BrO3P/c1-3-5-10-12(9,7-8)11-6-4-2/h3-4H,1-2,5-7H2. The molecule has 0 atom stereocenters. The van der Waals surface area contributed by atoms with Gasteiger partial charge in [-0.2, -0.15) is 0 Å². The number of rotatable bonds is 7. The molecule has 0 bridgehead atoms. The van der Waals surface area contributed by atoms with Crippen LogP contribution < -0.4 is 0 Å². The summed E-state index contributed by atoms with van der Waals surface area (Å²) in [5.74, 6) is 0. The summed E-state index contributed by atoms with van der Waals surface area (Å²) in [5, 5.41) is 0.182. The predicted molar refractivity (Wildman–Crippen MR) is 53.7 cm³/mol. The van der Waals surface area contributed by atoms with Crippen LogP contribution in [0.4, 0.5) is 0 Å². The first kappa shape index (κ1) is 12.1. The van der Waals surface area contributed by atoms with Gasteiger partial charge in [0.2, 0.25) is 0 Å². The highest BCUT2D eigenvalue weighted by Crippen LogP contribution is 2.49. The first-order chi connectivity index (χ1) is 5.68. The lowest BCUT2D eigenvalue weighted by atomic mass is 10.7. The molecule has 5 heteroatoms. The van der Waals surface area contributed by atoms with Crippen molar-refractivity contribution < 1.29 is 13.6 Å². The van der Waals surface area contributed by atoms with Crippen LogP contribution in [0.25, 0.3) is 0 Å². The van der Waals surface area contributed by atoms with Crippen LogP contribution >= 0.6 is 23.5 Å². The topological polar surface area (TPSA) is 35.5 Å². The average molecular weight is 255 g/mol. The van der Waals surface area contributed by atoms with Crippen molar-refractivity contribution in [3.05, 3.63) is 25.3 Å². The highest BCUT2D eigenvalue weighted by Gasteiger charge is 2.21. The molecule has 0 aromatic rings. The summed E-state index contributed by atoms with van der Waals surface area (Å²) in [4.78, 5) is 0. The Balaban J connectivity index is 3.94. The minimum atomic E-state index is -2.96. The highest BCUT2D eigenvalue weighted by atomic mass is 79.9. The monoisotopic (exact) mass is 254 g/mol. The summed E-state index contributed by atoms with van der Waals surface area (Å²) in [6.45, 7) is 7.33. The van der Waals surface area contributed by atoms with E-state index < -0.39 is 7.60 Å². The molecular formula is C7H12BrO3P. The van der Waals surface area contributed by atoms with E-state index in [1.54, 1.807) is 0 Å². The van der Waals surface area contributed by atoms with Gasteiger partial charge in [0, 0.05) is 0 Å². The van der Waals surface area contributed by atoms with Gasteiger partial charge in [-0.1, -0.05) is 28.1 Å². The zero-order chi connectivity index (χ0) is 9.45. The molecule has 0 amide bonds. The minimum Gasteiger partial charge on any atom is -0.304 e. The summed E-state index contributed by atoms with van der Waals surface area (Å²) in [6.07, 6.45) is 3.04. The van der Waals surface area contributed by atoms with E-state index in [1.165, 1.54) is 12.2 Å². The third-order valence-corrected chi connectivity index (χ3v) is 4.15. The molecule has 0 N–H and O–H groups in total. The molecule has 0 saturated carbocycles. The molecule has 0 aliphatic rings. The Hall–Kier alpha value is 0.110. The number of alkyl halides is 1. The van der Waals surface area contributed by atoms with Crippen molar-refractivity contribution in [3.63, 3.8) is 0 Å². The van der Waals surface area contributed by atoms with E-state index in [-0.39, 0.29) is 18.3 Å². The zero-order valence-corrected chi connectivity index (χ0v) is 9.22. The van der Waals surface area contributed by atoms with E-state index in [4.69, 9.17) is 9.05 Å². The molecule has 3 nitrogen and oxygen atoms in total. The van der Waals surface area contributed by atoms with Gasteiger partial charge in [-0.15, -0.1) is 13.2 Å². The van der Waals surface area contributed by atoms with Crippen LogP contribution in [0.3, 0.4) is 0 Å². The zero-order valence-electron chi connectivity index (χ0n) is 6.74. The van der Waals surface area contributed by atoms with Crippen LogP contribution in [0.5, 0.6) is 0 Å². The normalized spacial score (nSPS) is 11.1. The summed E-state index contributed by atoms with van der Waals surface area (Å²) in [6, 6.07) is 0. The van der Waals surface area contributed by atoms with Crippen molar-refractivity contribution in [2.75, 3.05) is 18.3 Å². The molecule has 0 radical (unpaired) electrons. The smallest absolute Gasteiger partial charge is 0.304 e. The van der Waals surface area contributed by atoms with E-state index in [2.05, 4.69) is 29.1 Å². The van der Waals surface area contributed by atoms with E-state index in [9.17, 15) is 4.57 Å². The van der Waals surface area contributed by atoms with Crippen molar-refractivity contribution in [2.45, 2.75) is 0 Å². The maximum Gasteiger partial charge on any atom is 0.341 e. The second-order valence-electron chi connectivity index (χ2n) is 1.90. The molecule has 0 aliphatic carbocycles. The first-order valence-corrected chi connectivity index (χ1v) is 6.19. The SMILES string of the molecule is C=CCOP(=O)(CBr)OCC=C. The summed E-state index contributed by atoms with van der Waals surface area (Å²) in [7, 11) is -2.96. The molecular weight excluding hydrogens is 243 g/mol. The van der Waals surface area contributed by atoms with Gasteiger partial charge in [0.05, 0.1) is 13.2 Å². The van der Waals surface area contributed by atoms with Crippen molar-refractivity contribution in [2.24, 2.45) is 0 Å². The number of hydrogen-bond acceptors (Lipinski definition) is 3. The number of halogens is 1. The Labute approximate surface area is 81.1 Å². The van der Waals surface area contributed by atoms with Gasteiger partial charge in [0.15, 0.2) is 0 Å². The van der Waals surface area contributed by atoms with Gasteiger partial charge in [0.1, 0.15) is 5.07 Å². The van der Waals surface area contributed by atoms with E-state index in [0.29, 0.717) is 0 Å². The van der Waals surface area contributed by atoms with E-state index in [1.807, 2.05) is 0 Å². The second-order valence-corrected chi connectivity index (χ2v) is 5.38. The van der Waals surface area contributed by atoms with Crippen LogP contribution in [0.15, 0.2) is 25.3 Å². The van der Waals surface area contributed by atoms with Gasteiger partial charge < -0.3 is 9.05 Å². The molecule has 0 aromatic carbocycles. The lowest BCUT2D eigenvalue weighted by Gasteiger charge is -2.13. The molecule has 0 saturated heterocycles. The van der Waals surface area contributed by atoms with Gasteiger partial charge >= 0.3 is 7.60 Å². The summed E-state index contributed by atoms with van der Waals surface area (Å²) >= 11 is 3.05. The molecule has 0 aliphatic heterocycles. The average Bonchev–Trinajstić information content (AvgIpc) is 2.11. The number of hydrogen-bond donors (Lipinski definition) is 0. The van der Waals surface area contributed by atoms with Crippen LogP contribution in [-0.2, 0) is 13.6 Å². The summed E-state index contributed by atoms with van der Waals surface area (Å²) in [5.41, 5.74) is 0. The Morgan fingerprint density at radius 3 is 1.92 bits per heavy atom. The molecule has 0 fully saturated rings. The van der Waals surface area contributed by atoms with Crippen LogP contribution in [-0.4, -0.2) is 18.3 Å². The molecule has 0 spiro atoms. The molecule has 70 valence electrons. The minimum absolute atomic E-state index is 0.182. The predicted octanol–water partition coefficient (Wildman–Crippen LogP) is 2.94. The van der Waals surface area contributed by atoms with Crippen molar-refractivity contribution >= 4 is 23.5 Å². The van der Waals surface area contributed by atoms with E-state index >= 15 is 0 Å². The van der Waals surface area contributed by atoms with Crippen molar-refractivity contribution in [3.8, 4) is 0 Å². The van der Waals surface area contributed by atoms with E-state index in [0.717, 1.165) is 0 Å². The van der Waals surface area contributed by atoms with Crippen molar-refractivity contribution in [1.82, 2.24) is 0 Å². The van der Waals surface area contributed by atoms with Gasteiger partial charge in [0.25, 0.3) is 0 Å². The Bertz CT molecular complexity index is 177. The van der Waals surface area contributed by atoms with Crippen LogP contribution in [0.1, 0.15) is 0 Å². The maximum atomic E-state index is 11.5. The molecule has 12 heavy (non-hydrogen) atoms. The fourth-order valence-corrected chi connectivity index (χ4v) is 2.19. The third kappa shape index (κ3) is 4.88.